The fourth-order valence-corrected chi connectivity index (χ4v) is 0.713. The van der Waals surface area contributed by atoms with Crippen molar-refractivity contribution < 1.29 is 5.11 Å². The molecule has 0 unspecified atom stereocenters. The lowest BCUT2D eigenvalue weighted by atomic mass is 10.2. The molecule has 0 aromatic rings. The van der Waals surface area contributed by atoms with Gasteiger partial charge in [0.15, 0.2) is 0 Å². The summed E-state index contributed by atoms with van der Waals surface area (Å²) < 4.78 is 0. The van der Waals surface area contributed by atoms with E-state index in [9.17, 15) is 0 Å². The highest BCUT2D eigenvalue weighted by Gasteiger charge is 1.78. The van der Waals surface area contributed by atoms with Crippen molar-refractivity contribution in [2.45, 2.75) is 32.6 Å². The summed E-state index contributed by atoms with van der Waals surface area (Å²) in [7, 11) is 0. The van der Waals surface area contributed by atoms with Gasteiger partial charge in [-0.3, -0.25) is 0 Å². The quantitative estimate of drug-likeness (QED) is 0.353. The number of rotatable bonds is 5. The average Bonchev–Trinajstić information content (AvgIpc) is 1.97. The SMILES string of the molecule is CCC=CCCC/C=C\O. The lowest BCUT2D eigenvalue weighted by Crippen LogP contribution is -1.68. The third-order valence-electron chi connectivity index (χ3n) is 1.25. The Morgan fingerprint density at radius 2 is 1.80 bits per heavy atom. The second-order valence-electron chi connectivity index (χ2n) is 2.20. The molecule has 10 heavy (non-hydrogen) atoms. The van der Waals surface area contributed by atoms with E-state index in [1.54, 1.807) is 6.08 Å². The first kappa shape index (κ1) is 9.28. The number of allylic oxidation sites excluding steroid dienone is 3. The zero-order valence-electron chi connectivity index (χ0n) is 6.59. The maximum Gasteiger partial charge on any atom is 0.0751 e. The van der Waals surface area contributed by atoms with Gasteiger partial charge in [0.2, 0.25) is 0 Å². The van der Waals surface area contributed by atoms with Gasteiger partial charge in [0.1, 0.15) is 0 Å². The Bertz CT molecular complexity index is 103. The maximum atomic E-state index is 8.27. The Labute approximate surface area is 63.1 Å². The van der Waals surface area contributed by atoms with E-state index in [0.717, 1.165) is 31.9 Å². The molecule has 0 aliphatic carbocycles. The first-order valence-corrected chi connectivity index (χ1v) is 3.86. The molecule has 0 aromatic heterocycles. The Morgan fingerprint density at radius 1 is 1.10 bits per heavy atom. The number of aliphatic hydroxyl groups excluding tert-OH is 1. The summed E-state index contributed by atoms with van der Waals surface area (Å²) in [4.78, 5) is 0. The molecule has 0 atom stereocenters. The summed E-state index contributed by atoms with van der Waals surface area (Å²) in [5.74, 6) is 0. The van der Waals surface area contributed by atoms with Crippen LogP contribution >= 0.6 is 0 Å². The van der Waals surface area contributed by atoms with Crippen LogP contribution in [0.25, 0.3) is 0 Å². The minimum Gasteiger partial charge on any atom is -0.516 e. The standard InChI is InChI=1S/C9H16O/c1-2-3-4-5-6-7-8-9-10/h3-4,8-10H,2,5-7H2,1H3/b4-3?,9-8-. The molecule has 0 heterocycles. The molecule has 0 saturated carbocycles. The van der Waals surface area contributed by atoms with Crippen molar-refractivity contribution in [3.8, 4) is 0 Å². The topological polar surface area (TPSA) is 20.2 Å². The van der Waals surface area contributed by atoms with Crippen LogP contribution in [0, 0.1) is 0 Å². The van der Waals surface area contributed by atoms with Crippen LogP contribution in [0.4, 0.5) is 0 Å². The van der Waals surface area contributed by atoms with Gasteiger partial charge in [-0.1, -0.05) is 25.2 Å². The largest absolute Gasteiger partial charge is 0.516 e. The van der Waals surface area contributed by atoms with Crippen LogP contribution in [-0.2, 0) is 0 Å². The fraction of sp³-hybridized carbons (Fsp3) is 0.556. The number of hydrogen-bond donors (Lipinski definition) is 1. The van der Waals surface area contributed by atoms with Crippen molar-refractivity contribution in [1.29, 1.82) is 0 Å². The summed E-state index contributed by atoms with van der Waals surface area (Å²) in [5.41, 5.74) is 0. The molecule has 0 aliphatic rings. The van der Waals surface area contributed by atoms with Gasteiger partial charge >= 0.3 is 0 Å². The van der Waals surface area contributed by atoms with Gasteiger partial charge < -0.3 is 5.11 Å². The predicted molar refractivity (Wildman–Crippen MR) is 45.1 cm³/mol. The first-order valence-electron chi connectivity index (χ1n) is 3.86. The van der Waals surface area contributed by atoms with E-state index in [-0.39, 0.29) is 0 Å². The monoisotopic (exact) mass is 140 g/mol. The maximum absolute atomic E-state index is 8.27. The van der Waals surface area contributed by atoms with E-state index in [1.165, 1.54) is 0 Å². The van der Waals surface area contributed by atoms with Gasteiger partial charge in [0, 0.05) is 0 Å². The van der Waals surface area contributed by atoms with E-state index in [2.05, 4.69) is 19.1 Å². The van der Waals surface area contributed by atoms with Crippen LogP contribution in [0.1, 0.15) is 32.6 Å². The third kappa shape index (κ3) is 7.28. The van der Waals surface area contributed by atoms with Crippen LogP contribution in [0.3, 0.4) is 0 Å². The van der Waals surface area contributed by atoms with E-state index in [1.807, 2.05) is 0 Å². The Kier molecular flexibility index (Phi) is 7.68. The van der Waals surface area contributed by atoms with Gasteiger partial charge in [0.05, 0.1) is 6.26 Å². The number of unbranched alkanes of at least 4 members (excludes halogenated alkanes) is 2. The lowest BCUT2D eigenvalue weighted by molar-refractivity contribution is 0.470. The van der Waals surface area contributed by atoms with Crippen LogP contribution in [-0.4, -0.2) is 5.11 Å². The van der Waals surface area contributed by atoms with Gasteiger partial charge in [-0.05, 0) is 25.7 Å². The molecule has 58 valence electrons. The zero-order chi connectivity index (χ0) is 7.66. The van der Waals surface area contributed by atoms with Gasteiger partial charge in [-0.2, -0.15) is 0 Å². The Balaban J connectivity index is 2.97. The molecule has 0 spiro atoms. The average molecular weight is 140 g/mol. The van der Waals surface area contributed by atoms with E-state index in [4.69, 9.17) is 5.11 Å². The summed E-state index contributed by atoms with van der Waals surface area (Å²) in [5, 5.41) is 8.27. The fourth-order valence-electron chi connectivity index (χ4n) is 0.713. The summed E-state index contributed by atoms with van der Waals surface area (Å²) in [6.07, 6.45) is 11.6. The molecule has 0 aromatic carbocycles. The molecule has 0 saturated heterocycles. The molecule has 0 fully saturated rings. The van der Waals surface area contributed by atoms with E-state index >= 15 is 0 Å². The third-order valence-corrected chi connectivity index (χ3v) is 1.25. The first-order chi connectivity index (χ1) is 4.91. The van der Waals surface area contributed by atoms with Crippen LogP contribution in [0.5, 0.6) is 0 Å². The second kappa shape index (κ2) is 8.28. The molecule has 0 bridgehead atoms. The Hall–Kier alpha value is -0.720. The van der Waals surface area contributed by atoms with Crippen molar-refractivity contribution in [3.63, 3.8) is 0 Å². The molecular formula is C9H16O. The lowest BCUT2D eigenvalue weighted by Gasteiger charge is -1.87. The molecule has 0 aliphatic heterocycles. The molecule has 1 N–H and O–H groups in total. The van der Waals surface area contributed by atoms with Crippen LogP contribution in [0.15, 0.2) is 24.5 Å². The van der Waals surface area contributed by atoms with Crippen molar-refractivity contribution in [1.82, 2.24) is 0 Å². The van der Waals surface area contributed by atoms with E-state index < -0.39 is 0 Å². The van der Waals surface area contributed by atoms with Crippen molar-refractivity contribution in [2.24, 2.45) is 0 Å². The van der Waals surface area contributed by atoms with Crippen molar-refractivity contribution >= 4 is 0 Å². The predicted octanol–water partition coefficient (Wildman–Crippen LogP) is 3.19. The van der Waals surface area contributed by atoms with Crippen molar-refractivity contribution in [2.75, 3.05) is 0 Å². The van der Waals surface area contributed by atoms with Crippen LogP contribution in [0.2, 0.25) is 0 Å². The zero-order valence-corrected chi connectivity index (χ0v) is 6.59. The summed E-state index contributed by atoms with van der Waals surface area (Å²) in [6.45, 7) is 2.13. The molecule has 0 amide bonds. The van der Waals surface area contributed by atoms with Gasteiger partial charge in [0.25, 0.3) is 0 Å². The van der Waals surface area contributed by atoms with Crippen LogP contribution < -0.4 is 0 Å². The highest BCUT2D eigenvalue weighted by atomic mass is 16.2. The summed E-state index contributed by atoms with van der Waals surface area (Å²) in [6, 6.07) is 0. The molecule has 1 heteroatoms. The normalized spacial score (nSPS) is 11.7. The molecule has 0 radical (unpaired) electrons. The molecule has 0 rings (SSSR count). The van der Waals surface area contributed by atoms with Gasteiger partial charge in [-0.15, -0.1) is 0 Å². The molecular weight excluding hydrogens is 124 g/mol. The minimum atomic E-state index is 0.977. The molecule has 1 nitrogen and oxygen atoms in total. The summed E-state index contributed by atoms with van der Waals surface area (Å²) >= 11 is 0. The minimum absolute atomic E-state index is 0.977. The van der Waals surface area contributed by atoms with Gasteiger partial charge in [-0.25, -0.2) is 0 Å². The highest BCUT2D eigenvalue weighted by molar-refractivity contribution is 4.81. The van der Waals surface area contributed by atoms with Crippen molar-refractivity contribution in [3.05, 3.63) is 24.5 Å². The Morgan fingerprint density at radius 3 is 2.40 bits per heavy atom. The number of hydrogen-bond acceptors (Lipinski definition) is 1. The second-order valence-corrected chi connectivity index (χ2v) is 2.20. The van der Waals surface area contributed by atoms with E-state index in [0.29, 0.717) is 0 Å². The number of aliphatic hydroxyl groups is 1. The highest BCUT2D eigenvalue weighted by Crippen LogP contribution is 1.97. The smallest absolute Gasteiger partial charge is 0.0751 e.